The van der Waals surface area contributed by atoms with Crippen LogP contribution in [-0.4, -0.2) is 9.78 Å². The van der Waals surface area contributed by atoms with E-state index in [4.69, 9.17) is 0 Å². The molecular formula is C14H18FN3. The van der Waals surface area contributed by atoms with Crippen molar-refractivity contribution in [2.45, 2.75) is 26.4 Å². The summed E-state index contributed by atoms with van der Waals surface area (Å²) in [5, 5.41) is 7.62. The van der Waals surface area contributed by atoms with Crippen LogP contribution in [0.4, 0.5) is 4.39 Å². The molecule has 4 heteroatoms. The van der Waals surface area contributed by atoms with Gasteiger partial charge < -0.3 is 5.32 Å². The van der Waals surface area contributed by atoms with Crippen molar-refractivity contribution in [3.8, 4) is 0 Å². The smallest absolute Gasteiger partial charge is 0.127 e. The van der Waals surface area contributed by atoms with Gasteiger partial charge in [0.2, 0.25) is 0 Å². The van der Waals surface area contributed by atoms with Gasteiger partial charge in [0.05, 0.1) is 5.69 Å². The Morgan fingerprint density at radius 3 is 2.72 bits per heavy atom. The number of aryl methyl sites for hydroxylation is 2. The minimum absolute atomic E-state index is 0.151. The molecule has 0 amide bonds. The third kappa shape index (κ3) is 2.76. The van der Waals surface area contributed by atoms with Crippen LogP contribution < -0.4 is 5.32 Å². The Balaban J connectivity index is 2.03. The average molecular weight is 247 g/mol. The van der Waals surface area contributed by atoms with Crippen molar-refractivity contribution in [1.82, 2.24) is 15.1 Å². The molecule has 2 aromatic rings. The molecule has 1 N–H and O–H groups in total. The van der Waals surface area contributed by atoms with E-state index in [0.717, 1.165) is 11.3 Å². The van der Waals surface area contributed by atoms with Crippen molar-refractivity contribution >= 4 is 0 Å². The van der Waals surface area contributed by atoms with Crippen LogP contribution in [0, 0.1) is 12.7 Å². The largest absolute Gasteiger partial charge is 0.306 e. The van der Waals surface area contributed by atoms with Gasteiger partial charge >= 0.3 is 0 Å². The third-order valence-electron chi connectivity index (χ3n) is 3.07. The lowest BCUT2D eigenvalue weighted by Gasteiger charge is -2.13. The van der Waals surface area contributed by atoms with Crippen LogP contribution in [0.2, 0.25) is 0 Å². The SMILES string of the molecule is Cc1nn(C)cc1C(C)NCc1ccccc1F. The molecule has 0 saturated heterocycles. The summed E-state index contributed by atoms with van der Waals surface area (Å²) in [6, 6.07) is 6.98. The number of hydrogen-bond acceptors (Lipinski definition) is 2. The van der Waals surface area contributed by atoms with Crippen molar-refractivity contribution in [2.24, 2.45) is 7.05 Å². The molecule has 0 spiro atoms. The van der Waals surface area contributed by atoms with Crippen LogP contribution in [0.15, 0.2) is 30.5 Å². The maximum absolute atomic E-state index is 13.5. The van der Waals surface area contributed by atoms with Gasteiger partial charge in [0.25, 0.3) is 0 Å². The maximum Gasteiger partial charge on any atom is 0.127 e. The Morgan fingerprint density at radius 1 is 1.39 bits per heavy atom. The summed E-state index contributed by atoms with van der Waals surface area (Å²) in [7, 11) is 1.90. The number of hydrogen-bond donors (Lipinski definition) is 1. The second-order valence-corrected chi connectivity index (χ2v) is 4.54. The minimum Gasteiger partial charge on any atom is -0.306 e. The Kier molecular flexibility index (Phi) is 3.77. The Labute approximate surface area is 107 Å². The highest BCUT2D eigenvalue weighted by Gasteiger charge is 2.11. The molecule has 0 bridgehead atoms. The highest BCUT2D eigenvalue weighted by Crippen LogP contribution is 2.16. The van der Waals surface area contributed by atoms with E-state index in [1.165, 1.54) is 6.07 Å². The first-order chi connectivity index (χ1) is 8.58. The average Bonchev–Trinajstić information content (AvgIpc) is 2.67. The highest BCUT2D eigenvalue weighted by molar-refractivity contribution is 5.21. The number of nitrogens with one attached hydrogen (secondary N) is 1. The van der Waals surface area contributed by atoms with Crippen molar-refractivity contribution in [2.75, 3.05) is 0 Å². The highest BCUT2D eigenvalue weighted by atomic mass is 19.1. The zero-order valence-corrected chi connectivity index (χ0v) is 10.9. The zero-order chi connectivity index (χ0) is 13.1. The van der Waals surface area contributed by atoms with E-state index in [-0.39, 0.29) is 11.9 Å². The summed E-state index contributed by atoms with van der Waals surface area (Å²) in [5.74, 6) is -0.167. The van der Waals surface area contributed by atoms with Crippen LogP contribution in [-0.2, 0) is 13.6 Å². The first-order valence-electron chi connectivity index (χ1n) is 6.05. The molecule has 1 aromatic carbocycles. The summed E-state index contributed by atoms with van der Waals surface area (Å²) in [5.41, 5.74) is 2.84. The van der Waals surface area contributed by atoms with Crippen molar-refractivity contribution in [3.63, 3.8) is 0 Å². The number of rotatable bonds is 4. The van der Waals surface area contributed by atoms with Crippen LogP contribution in [0.3, 0.4) is 0 Å². The summed E-state index contributed by atoms with van der Waals surface area (Å²) < 4.78 is 15.3. The van der Waals surface area contributed by atoms with Crippen LogP contribution in [0.1, 0.15) is 29.8 Å². The molecule has 1 aromatic heterocycles. The first kappa shape index (κ1) is 12.8. The van der Waals surface area contributed by atoms with E-state index in [1.807, 2.05) is 26.2 Å². The predicted molar refractivity (Wildman–Crippen MR) is 69.6 cm³/mol. The van der Waals surface area contributed by atoms with Gasteiger partial charge in [-0.15, -0.1) is 0 Å². The zero-order valence-electron chi connectivity index (χ0n) is 10.9. The fraction of sp³-hybridized carbons (Fsp3) is 0.357. The van der Waals surface area contributed by atoms with E-state index < -0.39 is 0 Å². The molecule has 18 heavy (non-hydrogen) atoms. The van der Waals surface area contributed by atoms with E-state index in [9.17, 15) is 4.39 Å². The quantitative estimate of drug-likeness (QED) is 0.900. The van der Waals surface area contributed by atoms with Crippen LogP contribution >= 0.6 is 0 Å². The maximum atomic E-state index is 13.5. The Hall–Kier alpha value is -1.68. The molecule has 96 valence electrons. The van der Waals surface area contributed by atoms with Crippen molar-refractivity contribution < 1.29 is 4.39 Å². The number of nitrogens with zero attached hydrogens (tertiary/aromatic N) is 2. The molecule has 1 heterocycles. The predicted octanol–water partition coefficient (Wildman–Crippen LogP) is 2.72. The second-order valence-electron chi connectivity index (χ2n) is 4.54. The molecule has 1 unspecified atom stereocenters. The van der Waals surface area contributed by atoms with Crippen LogP contribution in [0.25, 0.3) is 0 Å². The Bertz CT molecular complexity index is 534. The molecule has 2 rings (SSSR count). The molecule has 0 aliphatic rings. The Morgan fingerprint density at radius 2 is 2.11 bits per heavy atom. The van der Waals surface area contributed by atoms with Gasteiger partial charge in [-0.05, 0) is 19.9 Å². The normalized spacial score (nSPS) is 12.7. The second kappa shape index (κ2) is 5.31. The molecule has 0 fully saturated rings. The van der Waals surface area contributed by atoms with Gasteiger partial charge in [0, 0.05) is 37.0 Å². The summed E-state index contributed by atoms with van der Waals surface area (Å²) >= 11 is 0. The van der Waals surface area contributed by atoms with Gasteiger partial charge in [-0.25, -0.2) is 4.39 Å². The lowest BCUT2D eigenvalue weighted by molar-refractivity contribution is 0.542. The van der Waals surface area contributed by atoms with Gasteiger partial charge in [0.1, 0.15) is 5.82 Å². The lowest BCUT2D eigenvalue weighted by Crippen LogP contribution is -2.19. The van der Waals surface area contributed by atoms with E-state index in [0.29, 0.717) is 12.1 Å². The summed E-state index contributed by atoms with van der Waals surface area (Å²) in [6.07, 6.45) is 1.99. The molecule has 0 saturated carbocycles. The van der Waals surface area contributed by atoms with Crippen molar-refractivity contribution in [3.05, 3.63) is 53.1 Å². The van der Waals surface area contributed by atoms with Crippen LogP contribution in [0.5, 0.6) is 0 Å². The van der Waals surface area contributed by atoms with Gasteiger partial charge in [-0.2, -0.15) is 5.10 Å². The van der Waals surface area contributed by atoms with Gasteiger partial charge in [-0.1, -0.05) is 18.2 Å². The van der Waals surface area contributed by atoms with Gasteiger partial charge in [-0.3, -0.25) is 4.68 Å². The number of aromatic nitrogens is 2. The summed E-state index contributed by atoms with van der Waals surface area (Å²) in [6.45, 7) is 4.56. The topological polar surface area (TPSA) is 29.9 Å². The summed E-state index contributed by atoms with van der Waals surface area (Å²) in [4.78, 5) is 0. The fourth-order valence-corrected chi connectivity index (χ4v) is 2.06. The lowest BCUT2D eigenvalue weighted by atomic mass is 10.1. The molecule has 3 nitrogen and oxygen atoms in total. The van der Waals surface area contributed by atoms with E-state index in [1.54, 1.807) is 16.8 Å². The molecule has 0 radical (unpaired) electrons. The third-order valence-corrected chi connectivity index (χ3v) is 3.07. The molecule has 1 atom stereocenters. The van der Waals surface area contributed by atoms with Crippen molar-refractivity contribution in [1.29, 1.82) is 0 Å². The molecule has 0 aliphatic heterocycles. The molecule has 0 aliphatic carbocycles. The molecular weight excluding hydrogens is 229 g/mol. The van der Waals surface area contributed by atoms with E-state index in [2.05, 4.69) is 17.3 Å². The first-order valence-corrected chi connectivity index (χ1v) is 6.05. The number of benzene rings is 1. The standard InChI is InChI=1S/C14H18FN3/c1-10(13-9-18(3)17-11(13)2)16-8-12-6-4-5-7-14(12)15/h4-7,9-10,16H,8H2,1-3H3. The van der Waals surface area contributed by atoms with Gasteiger partial charge in [0.15, 0.2) is 0 Å². The fourth-order valence-electron chi connectivity index (χ4n) is 2.06. The number of halogens is 1. The van der Waals surface area contributed by atoms with E-state index >= 15 is 0 Å². The minimum atomic E-state index is -0.167. The monoisotopic (exact) mass is 247 g/mol.